The van der Waals surface area contributed by atoms with Crippen molar-refractivity contribution in [3.05, 3.63) is 0 Å². The molecule has 1 fully saturated rings. The third-order valence-corrected chi connectivity index (χ3v) is 1.68. The molecule has 3 nitrogen and oxygen atoms in total. The Kier molecular flexibility index (Phi) is 1.69. The summed E-state index contributed by atoms with van der Waals surface area (Å²) in [5.74, 6) is 0.0337. The zero-order chi connectivity index (χ0) is 6.69. The Balaban J connectivity index is 2.29. The van der Waals surface area contributed by atoms with E-state index in [1.807, 2.05) is 0 Å². The van der Waals surface area contributed by atoms with Gasteiger partial charge in [-0.2, -0.15) is 5.26 Å². The molecule has 47 valence electrons. The Morgan fingerprint density at radius 3 is 2.67 bits per heavy atom. The van der Waals surface area contributed by atoms with Gasteiger partial charge >= 0.3 is 6.41 Å². The molecule has 0 spiro atoms. The number of nitrogens with zero attached hydrogens (tertiary/aromatic N) is 1. The van der Waals surface area contributed by atoms with E-state index in [1.54, 1.807) is 6.41 Å². The number of hydrogen-bond donors (Lipinski definition) is 1. The molecule has 1 saturated carbocycles. The fourth-order valence-corrected chi connectivity index (χ4v) is 0.903. The lowest BCUT2D eigenvalue weighted by atomic mass is 9.81. The maximum atomic E-state index is 9.72. The molecule has 0 heterocycles. The van der Waals surface area contributed by atoms with Gasteiger partial charge in [-0.25, -0.2) is 0 Å². The Bertz CT molecular complexity index is 150. The summed E-state index contributed by atoms with van der Waals surface area (Å²) < 4.78 is 0. The highest BCUT2D eigenvalue weighted by Crippen LogP contribution is 2.25. The molecule has 3 heteroatoms. The summed E-state index contributed by atoms with van der Waals surface area (Å²) in [6.45, 7) is 0. The number of amides is 1. The van der Waals surface area contributed by atoms with Crippen LogP contribution in [0.1, 0.15) is 12.8 Å². The van der Waals surface area contributed by atoms with Crippen LogP contribution in [-0.4, -0.2) is 12.5 Å². The van der Waals surface area contributed by atoms with E-state index in [4.69, 9.17) is 5.26 Å². The zero-order valence-electron chi connectivity index (χ0n) is 4.92. The quantitative estimate of drug-likeness (QED) is 0.523. The number of hydrogen-bond acceptors (Lipinski definition) is 2. The van der Waals surface area contributed by atoms with Gasteiger partial charge in [-0.05, 0) is 12.8 Å². The van der Waals surface area contributed by atoms with Crippen molar-refractivity contribution in [3.63, 3.8) is 0 Å². The molecular weight excluding hydrogens is 116 g/mol. The fourth-order valence-electron chi connectivity index (χ4n) is 0.903. The van der Waals surface area contributed by atoms with E-state index in [0.29, 0.717) is 0 Å². The molecule has 1 radical (unpaired) electrons. The molecule has 0 saturated heterocycles. The normalized spacial score (nSPS) is 31.9. The van der Waals surface area contributed by atoms with Crippen LogP contribution in [0.15, 0.2) is 0 Å². The van der Waals surface area contributed by atoms with Crippen molar-refractivity contribution in [1.29, 1.82) is 5.26 Å². The van der Waals surface area contributed by atoms with Crippen molar-refractivity contribution < 1.29 is 4.79 Å². The Morgan fingerprint density at radius 1 is 1.56 bits per heavy atom. The van der Waals surface area contributed by atoms with Crippen molar-refractivity contribution in [1.82, 2.24) is 5.32 Å². The van der Waals surface area contributed by atoms with Crippen molar-refractivity contribution >= 4 is 6.41 Å². The average molecular weight is 123 g/mol. The summed E-state index contributed by atoms with van der Waals surface area (Å²) in [5, 5.41) is 10.8. The standard InChI is InChI=1S/C6H7N2O/c7-3-5-1-2-6(5)8-4-9/h5-6H,1-2H2,(H,8,9). The molecule has 1 rings (SSSR count). The van der Waals surface area contributed by atoms with Gasteiger partial charge in [0.25, 0.3) is 0 Å². The van der Waals surface area contributed by atoms with E-state index in [1.165, 1.54) is 0 Å². The molecule has 9 heavy (non-hydrogen) atoms. The summed E-state index contributed by atoms with van der Waals surface area (Å²) in [5.41, 5.74) is 0. The van der Waals surface area contributed by atoms with Crippen molar-refractivity contribution in [3.8, 4) is 6.07 Å². The van der Waals surface area contributed by atoms with Gasteiger partial charge in [-0.15, -0.1) is 0 Å². The predicted molar refractivity (Wildman–Crippen MR) is 31.0 cm³/mol. The number of rotatable bonds is 2. The zero-order valence-corrected chi connectivity index (χ0v) is 4.92. The summed E-state index contributed by atoms with van der Waals surface area (Å²) in [6.07, 6.45) is 3.42. The predicted octanol–water partition coefficient (Wildman–Crippen LogP) is -0.0546. The maximum Gasteiger partial charge on any atom is 0.309 e. The molecule has 2 unspecified atom stereocenters. The van der Waals surface area contributed by atoms with Gasteiger partial charge in [0.05, 0.1) is 12.0 Å². The summed E-state index contributed by atoms with van der Waals surface area (Å²) in [6, 6.07) is 2.17. The molecule has 2 atom stereocenters. The highest BCUT2D eigenvalue weighted by Gasteiger charge is 2.29. The molecule has 1 N–H and O–H groups in total. The Morgan fingerprint density at radius 2 is 2.33 bits per heavy atom. The van der Waals surface area contributed by atoms with Crippen LogP contribution in [0.4, 0.5) is 0 Å². The first kappa shape index (κ1) is 6.09. The van der Waals surface area contributed by atoms with Gasteiger partial charge in [0, 0.05) is 6.04 Å². The molecule has 0 aromatic carbocycles. The average Bonchev–Trinajstić information content (AvgIpc) is 1.82. The summed E-state index contributed by atoms with van der Waals surface area (Å²) in [4.78, 5) is 9.72. The first-order chi connectivity index (χ1) is 4.38. The highest BCUT2D eigenvalue weighted by atomic mass is 16.1. The van der Waals surface area contributed by atoms with E-state index >= 15 is 0 Å². The van der Waals surface area contributed by atoms with Gasteiger partial charge in [-0.3, -0.25) is 4.79 Å². The molecule has 0 aromatic rings. The minimum atomic E-state index is 0.0337. The topological polar surface area (TPSA) is 52.9 Å². The molecule has 0 aromatic heterocycles. The van der Waals surface area contributed by atoms with Gasteiger partial charge in [0.1, 0.15) is 0 Å². The SMILES string of the molecule is N#CC1CCC1N[C]=O. The lowest BCUT2D eigenvalue weighted by molar-refractivity contribution is 0.294. The fraction of sp³-hybridized carbons (Fsp3) is 0.667. The van der Waals surface area contributed by atoms with E-state index in [-0.39, 0.29) is 12.0 Å². The number of nitrogens with one attached hydrogen (secondary N) is 1. The van der Waals surface area contributed by atoms with Crippen LogP contribution in [-0.2, 0) is 4.79 Å². The second kappa shape index (κ2) is 2.49. The first-order valence-corrected chi connectivity index (χ1v) is 2.90. The van der Waals surface area contributed by atoms with Crippen LogP contribution in [0.3, 0.4) is 0 Å². The van der Waals surface area contributed by atoms with Gasteiger partial charge in [0.15, 0.2) is 0 Å². The molecule has 0 bridgehead atoms. The summed E-state index contributed by atoms with van der Waals surface area (Å²) in [7, 11) is 0. The van der Waals surface area contributed by atoms with Crippen molar-refractivity contribution in [2.45, 2.75) is 18.9 Å². The van der Waals surface area contributed by atoms with E-state index in [2.05, 4.69) is 11.4 Å². The smallest absolute Gasteiger partial charge is 0.309 e. The van der Waals surface area contributed by atoms with Crippen molar-refractivity contribution in [2.75, 3.05) is 0 Å². The minimum Gasteiger partial charge on any atom is -0.344 e. The molecule has 1 amide bonds. The second-order valence-corrected chi connectivity index (χ2v) is 2.17. The van der Waals surface area contributed by atoms with Crippen LogP contribution in [0.5, 0.6) is 0 Å². The molecule has 1 aliphatic rings. The van der Waals surface area contributed by atoms with E-state index < -0.39 is 0 Å². The largest absolute Gasteiger partial charge is 0.344 e. The first-order valence-electron chi connectivity index (χ1n) is 2.90. The van der Waals surface area contributed by atoms with Crippen LogP contribution in [0.25, 0.3) is 0 Å². The molecular formula is C6H7N2O. The highest BCUT2D eigenvalue weighted by molar-refractivity contribution is 5.48. The van der Waals surface area contributed by atoms with Gasteiger partial charge in [-0.1, -0.05) is 0 Å². The second-order valence-electron chi connectivity index (χ2n) is 2.17. The van der Waals surface area contributed by atoms with Crippen LogP contribution >= 0.6 is 0 Å². The Labute approximate surface area is 53.7 Å². The molecule has 0 aliphatic heterocycles. The maximum absolute atomic E-state index is 9.72. The third kappa shape index (κ3) is 1.02. The van der Waals surface area contributed by atoms with Crippen molar-refractivity contribution in [2.24, 2.45) is 5.92 Å². The molecule has 1 aliphatic carbocycles. The van der Waals surface area contributed by atoms with Gasteiger partial charge in [0.2, 0.25) is 0 Å². The van der Waals surface area contributed by atoms with Gasteiger partial charge < -0.3 is 5.32 Å². The van der Waals surface area contributed by atoms with E-state index in [0.717, 1.165) is 12.8 Å². The Hall–Kier alpha value is -1.04. The summed E-state index contributed by atoms with van der Waals surface area (Å²) >= 11 is 0. The third-order valence-electron chi connectivity index (χ3n) is 1.68. The van der Waals surface area contributed by atoms with Crippen LogP contribution in [0, 0.1) is 17.2 Å². The minimum absolute atomic E-state index is 0.0337. The monoisotopic (exact) mass is 123 g/mol. The lowest BCUT2D eigenvalue weighted by Gasteiger charge is -2.29. The van der Waals surface area contributed by atoms with Crippen LogP contribution in [0.2, 0.25) is 0 Å². The van der Waals surface area contributed by atoms with Crippen LogP contribution < -0.4 is 5.32 Å². The number of carbonyl (C=O) groups excluding carboxylic acids is 1. The lowest BCUT2D eigenvalue weighted by Crippen LogP contribution is -2.42. The number of nitriles is 1. The van der Waals surface area contributed by atoms with E-state index in [9.17, 15) is 4.79 Å².